The Balaban J connectivity index is 1.52. The number of anilines is 3. The van der Waals surface area contributed by atoms with Crippen molar-refractivity contribution in [1.29, 1.82) is 0 Å². The van der Waals surface area contributed by atoms with E-state index in [-0.39, 0.29) is 30.2 Å². The van der Waals surface area contributed by atoms with Crippen molar-refractivity contribution in [2.45, 2.75) is 77.2 Å². The van der Waals surface area contributed by atoms with Gasteiger partial charge in [0, 0.05) is 30.2 Å². The molecule has 3 saturated heterocycles. The summed E-state index contributed by atoms with van der Waals surface area (Å²) in [6, 6.07) is 15.3. The van der Waals surface area contributed by atoms with Crippen LogP contribution in [-0.4, -0.2) is 70.7 Å². The second kappa shape index (κ2) is 11.7. The average Bonchev–Trinajstić information content (AvgIpc) is 3.59. The molecule has 2 bridgehead atoms. The molecule has 6 atom stereocenters. The van der Waals surface area contributed by atoms with Crippen molar-refractivity contribution in [1.82, 2.24) is 4.90 Å². The number of amides is 3. The van der Waals surface area contributed by atoms with E-state index < -0.39 is 35.1 Å². The van der Waals surface area contributed by atoms with E-state index in [0.717, 1.165) is 18.8 Å². The van der Waals surface area contributed by atoms with Gasteiger partial charge in [-0.3, -0.25) is 14.4 Å². The molecule has 3 N–H and O–H groups in total. The SMILES string of the molecule is CCN(CC)c1ccc(NC(=O)C2N([C@@H](CO)C(C)C)C(=O)[C@@H]3[C@@H](C(=O)Nc4ccccc4)[C@@]4(CC)CCC23O4)cc1. The van der Waals surface area contributed by atoms with Gasteiger partial charge in [-0.15, -0.1) is 0 Å². The van der Waals surface area contributed by atoms with Gasteiger partial charge in [-0.25, -0.2) is 0 Å². The van der Waals surface area contributed by atoms with Crippen LogP contribution in [0.5, 0.6) is 0 Å². The Morgan fingerprint density at radius 1 is 0.976 bits per heavy atom. The molecule has 3 amide bonds. The van der Waals surface area contributed by atoms with Crippen LogP contribution in [0.2, 0.25) is 0 Å². The van der Waals surface area contributed by atoms with E-state index in [1.54, 1.807) is 0 Å². The van der Waals surface area contributed by atoms with Crippen molar-refractivity contribution < 1.29 is 24.2 Å². The van der Waals surface area contributed by atoms with Gasteiger partial charge in [-0.05, 0) is 75.4 Å². The minimum Gasteiger partial charge on any atom is -0.394 e. The van der Waals surface area contributed by atoms with Gasteiger partial charge in [0.05, 0.1) is 30.1 Å². The number of nitrogens with one attached hydrogen (secondary N) is 2. The maximum atomic E-state index is 14.4. The lowest BCUT2D eigenvalue weighted by Crippen LogP contribution is -2.57. The lowest BCUT2D eigenvalue weighted by Gasteiger charge is -2.38. The number of carbonyl (C=O) groups excluding carboxylic acids is 3. The number of nitrogens with zero attached hydrogens (tertiary/aromatic N) is 2. The van der Waals surface area contributed by atoms with Crippen LogP contribution in [-0.2, 0) is 19.1 Å². The molecule has 0 aromatic heterocycles. The van der Waals surface area contributed by atoms with Crippen molar-refractivity contribution >= 4 is 34.8 Å². The van der Waals surface area contributed by atoms with Crippen molar-refractivity contribution in [3.05, 3.63) is 54.6 Å². The van der Waals surface area contributed by atoms with Gasteiger partial charge >= 0.3 is 0 Å². The number of fused-ring (bicyclic) bond motifs is 1. The summed E-state index contributed by atoms with van der Waals surface area (Å²) >= 11 is 0. The summed E-state index contributed by atoms with van der Waals surface area (Å²) in [4.78, 5) is 46.3. The normalized spacial score (nSPS) is 28.6. The fourth-order valence-electron chi connectivity index (χ4n) is 7.63. The summed E-state index contributed by atoms with van der Waals surface area (Å²) in [5, 5.41) is 16.5. The predicted molar refractivity (Wildman–Crippen MR) is 163 cm³/mol. The molecule has 3 heterocycles. The summed E-state index contributed by atoms with van der Waals surface area (Å²) in [7, 11) is 0. The molecule has 3 aliphatic rings. The highest BCUT2D eigenvalue weighted by Gasteiger charge is 2.79. The molecule has 1 spiro atoms. The Morgan fingerprint density at radius 2 is 1.60 bits per heavy atom. The Kier molecular flexibility index (Phi) is 8.36. The summed E-state index contributed by atoms with van der Waals surface area (Å²) in [5.74, 6) is -2.65. The molecular formula is C33H44N4O5. The maximum Gasteiger partial charge on any atom is 0.250 e. The van der Waals surface area contributed by atoms with Crippen LogP contribution >= 0.6 is 0 Å². The first-order valence-electron chi connectivity index (χ1n) is 15.3. The minimum atomic E-state index is -1.17. The summed E-state index contributed by atoms with van der Waals surface area (Å²) in [6.07, 6.45) is 1.60. The fraction of sp³-hybridized carbons (Fsp3) is 0.545. The average molecular weight is 577 g/mol. The standard InChI is InChI=1S/C33H44N4O5/c1-6-32-18-19-33(42-32)27(26(32)29(39)34-22-12-10-9-11-13-22)31(41)37(25(20-38)21(4)5)28(33)30(40)35-23-14-16-24(17-15-23)36(7-2)8-3/h9-17,21,25-28,38H,6-8,18-20H2,1-5H3,(H,34,39)(H,35,40)/t25-,26-,27-,28?,32+,33?/m0/s1. The van der Waals surface area contributed by atoms with Crippen molar-refractivity contribution in [2.75, 3.05) is 35.2 Å². The van der Waals surface area contributed by atoms with Crippen molar-refractivity contribution in [3.8, 4) is 0 Å². The highest BCUT2D eigenvalue weighted by Crippen LogP contribution is 2.64. The molecule has 0 aliphatic carbocycles. The maximum absolute atomic E-state index is 14.4. The topological polar surface area (TPSA) is 111 Å². The number of carbonyl (C=O) groups is 3. The van der Waals surface area contributed by atoms with E-state index in [4.69, 9.17) is 4.74 Å². The Bertz CT molecular complexity index is 1300. The van der Waals surface area contributed by atoms with Gasteiger partial charge in [0.15, 0.2) is 0 Å². The van der Waals surface area contributed by atoms with Gasteiger partial charge < -0.3 is 30.3 Å². The zero-order chi connectivity index (χ0) is 30.2. The molecule has 5 rings (SSSR count). The van der Waals surface area contributed by atoms with Crippen LogP contribution < -0.4 is 15.5 Å². The van der Waals surface area contributed by atoms with Crippen LogP contribution in [0.3, 0.4) is 0 Å². The molecule has 226 valence electrons. The third kappa shape index (κ3) is 4.76. The van der Waals surface area contributed by atoms with E-state index in [0.29, 0.717) is 30.6 Å². The van der Waals surface area contributed by atoms with Crippen LogP contribution in [0, 0.1) is 17.8 Å². The zero-order valence-corrected chi connectivity index (χ0v) is 25.3. The molecule has 3 aliphatic heterocycles. The molecular weight excluding hydrogens is 532 g/mol. The minimum absolute atomic E-state index is 0.119. The number of hydrogen-bond acceptors (Lipinski definition) is 6. The van der Waals surface area contributed by atoms with Crippen molar-refractivity contribution in [2.24, 2.45) is 17.8 Å². The molecule has 2 unspecified atom stereocenters. The largest absolute Gasteiger partial charge is 0.394 e. The lowest BCUT2D eigenvalue weighted by molar-refractivity contribution is -0.149. The van der Waals surface area contributed by atoms with Crippen LogP contribution in [0.4, 0.5) is 17.1 Å². The molecule has 2 aromatic rings. The van der Waals surface area contributed by atoms with Gasteiger partial charge in [-0.2, -0.15) is 0 Å². The lowest BCUT2D eigenvalue weighted by atomic mass is 9.65. The van der Waals surface area contributed by atoms with E-state index in [2.05, 4.69) is 29.4 Å². The Labute approximate surface area is 248 Å². The smallest absolute Gasteiger partial charge is 0.250 e. The highest BCUT2D eigenvalue weighted by molar-refractivity contribution is 6.05. The van der Waals surface area contributed by atoms with Gasteiger partial charge in [0.25, 0.3) is 0 Å². The fourth-order valence-corrected chi connectivity index (χ4v) is 7.63. The summed E-state index contributed by atoms with van der Waals surface area (Å²) < 4.78 is 6.85. The molecule has 0 saturated carbocycles. The number of likely N-dealkylation sites (tertiary alicyclic amines) is 1. The summed E-state index contributed by atoms with van der Waals surface area (Å²) in [5.41, 5.74) is 0.306. The number of aliphatic hydroxyl groups excluding tert-OH is 1. The first-order valence-corrected chi connectivity index (χ1v) is 15.3. The zero-order valence-electron chi connectivity index (χ0n) is 25.3. The van der Waals surface area contributed by atoms with Gasteiger partial charge in [-0.1, -0.05) is 39.0 Å². The van der Waals surface area contributed by atoms with Gasteiger partial charge in [0.1, 0.15) is 11.6 Å². The van der Waals surface area contributed by atoms with Gasteiger partial charge in [0.2, 0.25) is 17.7 Å². The molecule has 9 heteroatoms. The number of para-hydroxylation sites is 1. The summed E-state index contributed by atoms with van der Waals surface area (Å²) in [6.45, 7) is 11.5. The number of rotatable bonds is 11. The second-order valence-corrected chi connectivity index (χ2v) is 12.1. The third-order valence-corrected chi connectivity index (χ3v) is 9.77. The first-order chi connectivity index (χ1) is 20.2. The Morgan fingerprint density at radius 3 is 2.17 bits per heavy atom. The molecule has 9 nitrogen and oxygen atoms in total. The van der Waals surface area contributed by atoms with Crippen LogP contribution in [0.15, 0.2) is 54.6 Å². The number of hydrogen-bond donors (Lipinski definition) is 3. The highest BCUT2D eigenvalue weighted by atomic mass is 16.5. The van der Waals surface area contributed by atoms with E-state index in [1.807, 2.05) is 75.4 Å². The van der Waals surface area contributed by atoms with Crippen LogP contribution in [0.1, 0.15) is 53.9 Å². The van der Waals surface area contributed by atoms with E-state index in [9.17, 15) is 19.5 Å². The molecule has 3 fully saturated rings. The Hall–Kier alpha value is -3.43. The predicted octanol–water partition coefficient (Wildman–Crippen LogP) is 4.28. The first kappa shape index (κ1) is 30.0. The monoisotopic (exact) mass is 576 g/mol. The quantitative estimate of drug-likeness (QED) is 0.368. The van der Waals surface area contributed by atoms with E-state index >= 15 is 0 Å². The third-order valence-electron chi connectivity index (χ3n) is 9.77. The number of aliphatic hydroxyl groups is 1. The van der Waals surface area contributed by atoms with Crippen LogP contribution in [0.25, 0.3) is 0 Å². The molecule has 42 heavy (non-hydrogen) atoms. The number of ether oxygens (including phenoxy) is 1. The second-order valence-electron chi connectivity index (χ2n) is 12.1. The molecule has 2 aromatic carbocycles. The van der Waals surface area contributed by atoms with E-state index in [1.165, 1.54) is 4.90 Å². The van der Waals surface area contributed by atoms with Crippen molar-refractivity contribution in [3.63, 3.8) is 0 Å². The molecule has 0 radical (unpaired) electrons. The number of benzene rings is 2.